The molecule has 0 aliphatic carbocycles. The largest absolute Gasteiger partial charge is 0.398 e. The van der Waals surface area contributed by atoms with Crippen LogP contribution >= 0.6 is 0 Å². The number of nitrogens with zero attached hydrogens (tertiary/aromatic N) is 1. The summed E-state index contributed by atoms with van der Waals surface area (Å²) < 4.78 is 26.7. The molecule has 1 unspecified atom stereocenters. The minimum absolute atomic E-state index is 0.356. The second-order valence-electron chi connectivity index (χ2n) is 5.23. The molecule has 2 N–H and O–H groups in total. The van der Waals surface area contributed by atoms with Crippen molar-refractivity contribution >= 4 is 15.7 Å². The highest BCUT2D eigenvalue weighted by molar-refractivity contribution is 7.89. The van der Waals surface area contributed by atoms with E-state index in [-0.39, 0.29) is 0 Å². The summed E-state index contributed by atoms with van der Waals surface area (Å²) in [7, 11) is -3.39. The Morgan fingerprint density at radius 1 is 1.33 bits per heavy atom. The van der Waals surface area contributed by atoms with Gasteiger partial charge in [0.25, 0.3) is 0 Å². The molecule has 2 rings (SSSR count). The zero-order valence-corrected chi connectivity index (χ0v) is 11.9. The summed E-state index contributed by atoms with van der Waals surface area (Å²) >= 11 is 0. The van der Waals surface area contributed by atoms with Gasteiger partial charge >= 0.3 is 0 Å². The molecule has 0 radical (unpaired) electrons. The van der Waals surface area contributed by atoms with E-state index in [0.29, 0.717) is 35.2 Å². The standard InChI is InChI=1S/C13H20N2O2S/c1-9-4-5-15(8-9)18(16,17)13-7-10(2)6-12(14)11(13)3/h6-7,9H,4-5,8,14H2,1-3H3. The van der Waals surface area contributed by atoms with Crippen molar-refractivity contribution in [3.63, 3.8) is 0 Å². The van der Waals surface area contributed by atoms with Gasteiger partial charge in [0.1, 0.15) is 0 Å². The van der Waals surface area contributed by atoms with E-state index in [1.54, 1.807) is 23.4 Å². The van der Waals surface area contributed by atoms with E-state index >= 15 is 0 Å². The molecule has 18 heavy (non-hydrogen) atoms. The van der Waals surface area contributed by atoms with Crippen molar-refractivity contribution in [3.05, 3.63) is 23.3 Å². The number of benzene rings is 1. The van der Waals surface area contributed by atoms with Crippen LogP contribution in [0, 0.1) is 19.8 Å². The van der Waals surface area contributed by atoms with Gasteiger partial charge in [0.05, 0.1) is 4.90 Å². The lowest BCUT2D eigenvalue weighted by molar-refractivity contribution is 0.464. The molecule has 100 valence electrons. The summed E-state index contributed by atoms with van der Waals surface area (Å²) in [4.78, 5) is 0.356. The Morgan fingerprint density at radius 2 is 2.00 bits per heavy atom. The van der Waals surface area contributed by atoms with Crippen LogP contribution in [0.2, 0.25) is 0 Å². The minimum Gasteiger partial charge on any atom is -0.398 e. The Hall–Kier alpha value is -1.07. The van der Waals surface area contributed by atoms with E-state index in [4.69, 9.17) is 5.73 Å². The first-order valence-electron chi connectivity index (χ1n) is 6.19. The zero-order valence-electron chi connectivity index (χ0n) is 11.1. The normalized spacial score (nSPS) is 21.4. The maximum absolute atomic E-state index is 12.6. The lowest BCUT2D eigenvalue weighted by Crippen LogP contribution is -2.29. The van der Waals surface area contributed by atoms with Crippen molar-refractivity contribution in [2.45, 2.75) is 32.1 Å². The van der Waals surface area contributed by atoms with E-state index in [1.165, 1.54) is 0 Å². The molecule has 1 atom stereocenters. The molecule has 1 fully saturated rings. The summed E-state index contributed by atoms with van der Waals surface area (Å²) in [6.07, 6.45) is 0.930. The lowest BCUT2D eigenvalue weighted by Gasteiger charge is -2.19. The molecule has 5 heteroatoms. The highest BCUT2D eigenvalue weighted by Crippen LogP contribution is 2.29. The minimum atomic E-state index is -3.39. The number of hydrogen-bond acceptors (Lipinski definition) is 3. The zero-order chi connectivity index (χ0) is 13.5. The van der Waals surface area contributed by atoms with Crippen LogP contribution in [0.25, 0.3) is 0 Å². The molecule has 1 aliphatic heterocycles. The molecule has 0 spiro atoms. The van der Waals surface area contributed by atoms with Crippen LogP contribution < -0.4 is 5.73 Å². The van der Waals surface area contributed by atoms with Crippen molar-refractivity contribution in [1.29, 1.82) is 0 Å². The molecule has 1 aliphatic rings. The van der Waals surface area contributed by atoms with Crippen LogP contribution in [0.3, 0.4) is 0 Å². The Balaban J connectivity index is 2.48. The fourth-order valence-electron chi connectivity index (χ4n) is 2.37. The van der Waals surface area contributed by atoms with Crippen molar-refractivity contribution in [3.8, 4) is 0 Å². The van der Waals surface area contributed by atoms with E-state index in [9.17, 15) is 8.42 Å². The van der Waals surface area contributed by atoms with Crippen molar-refractivity contribution in [2.75, 3.05) is 18.8 Å². The third kappa shape index (κ3) is 2.24. The first-order valence-corrected chi connectivity index (χ1v) is 7.63. The topological polar surface area (TPSA) is 63.4 Å². The van der Waals surface area contributed by atoms with Crippen LogP contribution in [-0.2, 0) is 10.0 Å². The maximum Gasteiger partial charge on any atom is 0.243 e. The maximum atomic E-state index is 12.6. The van der Waals surface area contributed by atoms with Crippen LogP contribution in [0.1, 0.15) is 24.5 Å². The Kier molecular flexibility index (Phi) is 3.38. The molecule has 1 saturated heterocycles. The Morgan fingerprint density at radius 3 is 2.56 bits per heavy atom. The quantitative estimate of drug-likeness (QED) is 0.833. The number of aryl methyl sites for hydroxylation is 1. The van der Waals surface area contributed by atoms with Gasteiger partial charge in [0, 0.05) is 18.8 Å². The van der Waals surface area contributed by atoms with E-state index in [2.05, 4.69) is 6.92 Å². The molecular weight excluding hydrogens is 248 g/mol. The second kappa shape index (κ2) is 4.55. The summed E-state index contributed by atoms with van der Waals surface area (Å²) in [5.74, 6) is 0.433. The van der Waals surface area contributed by atoms with Gasteiger partial charge in [-0.25, -0.2) is 8.42 Å². The van der Waals surface area contributed by atoms with Gasteiger partial charge in [0.15, 0.2) is 0 Å². The van der Waals surface area contributed by atoms with Gasteiger partial charge in [-0.3, -0.25) is 0 Å². The number of nitrogens with two attached hydrogens (primary N) is 1. The van der Waals surface area contributed by atoms with E-state index in [0.717, 1.165) is 12.0 Å². The molecular formula is C13H20N2O2S. The van der Waals surface area contributed by atoms with Crippen molar-refractivity contribution < 1.29 is 8.42 Å². The number of hydrogen-bond donors (Lipinski definition) is 1. The van der Waals surface area contributed by atoms with Crippen LogP contribution in [0.4, 0.5) is 5.69 Å². The molecule has 0 aromatic heterocycles. The van der Waals surface area contributed by atoms with Gasteiger partial charge in [-0.2, -0.15) is 4.31 Å². The highest BCUT2D eigenvalue weighted by atomic mass is 32.2. The van der Waals surface area contributed by atoms with Crippen LogP contribution in [0.15, 0.2) is 17.0 Å². The first kappa shape index (κ1) is 13.4. The summed E-state index contributed by atoms with van der Waals surface area (Å²) in [5.41, 5.74) is 7.94. The van der Waals surface area contributed by atoms with Gasteiger partial charge < -0.3 is 5.73 Å². The van der Waals surface area contributed by atoms with Crippen molar-refractivity contribution in [2.24, 2.45) is 5.92 Å². The monoisotopic (exact) mass is 268 g/mol. The number of rotatable bonds is 2. The fourth-order valence-corrected chi connectivity index (χ4v) is 4.29. The molecule has 0 bridgehead atoms. The predicted molar refractivity (Wildman–Crippen MR) is 72.9 cm³/mol. The predicted octanol–water partition coefficient (Wildman–Crippen LogP) is 1.92. The third-order valence-corrected chi connectivity index (χ3v) is 5.54. The second-order valence-corrected chi connectivity index (χ2v) is 7.14. The molecule has 0 amide bonds. The fraction of sp³-hybridized carbons (Fsp3) is 0.538. The number of anilines is 1. The average molecular weight is 268 g/mol. The molecule has 1 heterocycles. The number of sulfonamides is 1. The molecule has 1 aromatic carbocycles. The third-order valence-electron chi connectivity index (χ3n) is 3.55. The summed E-state index contributed by atoms with van der Waals surface area (Å²) in [6, 6.07) is 3.52. The molecule has 1 aromatic rings. The van der Waals surface area contributed by atoms with Crippen LogP contribution in [0.5, 0.6) is 0 Å². The van der Waals surface area contributed by atoms with E-state index in [1.807, 2.05) is 6.92 Å². The molecule has 4 nitrogen and oxygen atoms in total. The van der Waals surface area contributed by atoms with Gasteiger partial charge in [-0.1, -0.05) is 6.92 Å². The number of nitrogen functional groups attached to an aromatic ring is 1. The first-order chi connectivity index (χ1) is 8.32. The van der Waals surface area contributed by atoms with Gasteiger partial charge in [-0.15, -0.1) is 0 Å². The SMILES string of the molecule is Cc1cc(N)c(C)c(S(=O)(=O)N2CCC(C)C2)c1. The lowest BCUT2D eigenvalue weighted by atomic mass is 10.1. The van der Waals surface area contributed by atoms with Crippen LogP contribution in [-0.4, -0.2) is 25.8 Å². The smallest absolute Gasteiger partial charge is 0.243 e. The summed E-state index contributed by atoms with van der Waals surface area (Å²) in [5, 5.41) is 0. The summed E-state index contributed by atoms with van der Waals surface area (Å²) in [6.45, 7) is 6.92. The average Bonchev–Trinajstić information content (AvgIpc) is 2.70. The van der Waals surface area contributed by atoms with Crippen molar-refractivity contribution in [1.82, 2.24) is 4.31 Å². The van der Waals surface area contributed by atoms with E-state index < -0.39 is 10.0 Å². The Labute approximate surface area is 109 Å². The van der Waals surface area contributed by atoms with Gasteiger partial charge in [0.2, 0.25) is 10.0 Å². The highest BCUT2D eigenvalue weighted by Gasteiger charge is 2.32. The Bertz CT molecular complexity index is 567. The molecule has 0 saturated carbocycles. The van der Waals surface area contributed by atoms with Gasteiger partial charge in [-0.05, 0) is 49.4 Å².